The molecular weight excluding hydrogens is 261 g/mol. The van der Waals surface area contributed by atoms with Gasteiger partial charge in [0.05, 0.1) is 0 Å². The van der Waals surface area contributed by atoms with Crippen LogP contribution in [0.4, 0.5) is 32.4 Å². The van der Waals surface area contributed by atoms with Crippen LogP contribution in [0.3, 0.4) is 0 Å². The van der Waals surface area contributed by atoms with Crippen molar-refractivity contribution in [2.45, 2.75) is 0 Å². The van der Waals surface area contributed by atoms with Crippen LogP contribution in [0.15, 0.2) is 0 Å². The molecule has 0 saturated heterocycles. The number of benzene rings is 1. The number of carbonyl (C=O) groups excluding carboxylic acids is 1. The molecule has 0 unspecified atom stereocenters. The van der Waals surface area contributed by atoms with Gasteiger partial charge in [-0.3, -0.25) is 0 Å². The molecule has 1 rings (SSSR count). The van der Waals surface area contributed by atoms with E-state index >= 15 is 0 Å². The minimum absolute atomic E-state index is 0.144. The number of urea groups is 1. The maximum absolute atomic E-state index is 13.1. The number of primary amides is 1. The molecule has 9 heteroatoms. The van der Waals surface area contributed by atoms with E-state index in [2.05, 4.69) is 5.32 Å². The van der Waals surface area contributed by atoms with Crippen LogP contribution in [0.25, 0.3) is 0 Å². The van der Waals surface area contributed by atoms with Gasteiger partial charge in [-0.2, -0.15) is 0 Å². The average Bonchev–Trinajstić information content (AvgIpc) is 2.32. The third-order valence-corrected chi connectivity index (χ3v) is 1.94. The number of hydrogen-bond acceptors (Lipinski definition) is 2. The summed E-state index contributed by atoms with van der Waals surface area (Å²) >= 11 is 0. The molecule has 100 valence electrons. The summed E-state index contributed by atoms with van der Waals surface area (Å²) in [5.41, 5.74) is 3.55. The summed E-state index contributed by atoms with van der Waals surface area (Å²) < 4.78 is 64.3. The first kappa shape index (κ1) is 14.0. The van der Waals surface area contributed by atoms with Crippen LogP contribution >= 0.6 is 0 Å². The fraction of sp³-hybridized carbons (Fsp3) is 0.222. The second-order valence-electron chi connectivity index (χ2n) is 3.16. The minimum atomic E-state index is -2.23. The minimum Gasteiger partial charge on any atom is -0.378 e. The molecule has 0 radical (unpaired) electrons. The Morgan fingerprint density at radius 3 is 1.78 bits per heavy atom. The lowest BCUT2D eigenvalue weighted by Gasteiger charge is -2.10. The van der Waals surface area contributed by atoms with Crippen molar-refractivity contribution in [2.24, 2.45) is 5.73 Å². The molecular formula is C9H8F5N3O. The Hall–Kier alpha value is -2.06. The predicted molar refractivity (Wildman–Crippen MR) is 52.3 cm³/mol. The summed E-state index contributed by atoms with van der Waals surface area (Å²) in [4.78, 5) is 10.3. The lowest BCUT2D eigenvalue weighted by atomic mass is 10.2. The first-order valence-corrected chi connectivity index (χ1v) is 4.64. The van der Waals surface area contributed by atoms with Crippen LogP contribution in [0, 0.1) is 29.1 Å². The second-order valence-corrected chi connectivity index (χ2v) is 3.16. The summed E-state index contributed by atoms with van der Waals surface area (Å²) in [7, 11) is 0. The molecule has 0 saturated carbocycles. The zero-order valence-corrected chi connectivity index (χ0v) is 8.79. The van der Waals surface area contributed by atoms with Crippen LogP contribution in [0.1, 0.15) is 0 Å². The van der Waals surface area contributed by atoms with E-state index in [0.717, 1.165) is 0 Å². The maximum atomic E-state index is 13.1. The van der Waals surface area contributed by atoms with Crippen molar-refractivity contribution >= 4 is 11.7 Å². The number of hydrogen-bond donors (Lipinski definition) is 3. The summed E-state index contributed by atoms with van der Waals surface area (Å²) in [5.74, 6) is -10.2. The summed E-state index contributed by atoms with van der Waals surface area (Å²) in [6.45, 7) is -0.407. The van der Waals surface area contributed by atoms with Gasteiger partial charge in [0, 0.05) is 13.1 Å². The molecule has 0 bridgehead atoms. The normalized spacial score (nSPS) is 10.3. The molecule has 0 heterocycles. The Balaban J connectivity index is 2.86. The standard InChI is InChI=1S/C9H8F5N3O/c10-3-4(11)6(13)8(7(14)5(3)12)16-1-2-17-9(15)18/h16H,1-2H2,(H3,15,17,18). The third-order valence-electron chi connectivity index (χ3n) is 1.94. The van der Waals surface area contributed by atoms with Gasteiger partial charge in [0.25, 0.3) is 0 Å². The highest BCUT2D eigenvalue weighted by Crippen LogP contribution is 2.26. The van der Waals surface area contributed by atoms with Crippen molar-refractivity contribution in [3.8, 4) is 0 Å². The molecule has 1 aromatic carbocycles. The van der Waals surface area contributed by atoms with Gasteiger partial charge in [-0.1, -0.05) is 0 Å². The SMILES string of the molecule is NC(=O)NCCNc1c(F)c(F)c(F)c(F)c1F. The number of nitrogens with two attached hydrogens (primary N) is 1. The van der Waals surface area contributed by atoms with Crippen LogP contribution in [-0.4, -0.2) is 19.1 Å². The molecule has 4 N–H and O–H groups in total. The topological polar surface area (TPSA) is 67.2 Å². The Bertz CT molecular complexity index is 451. The smallest absolute Gasteiger partial charge is 0.312 e. The predicted octanol–water partition coefficient (Wildman–Crippen LogP) is 1.46. The number of carbonyl (C=O) groups is 1. The van der Waals surface area contributed by atoms with E-state index in [-0.39, 0.29) is 13.1 Å². The molecule has 0 fully saturated rings. The van der Waals surface area contributed by atoms with E-state index in [1.54, 1.807) is 0 Å². The van der Waals surface area contributed by atoms with Gasteiger partial charge in [-0.15, -0.1) is 0 Å². The van der Waals surface area contributed by atoms with E-state index < -0.39 is 40.8 Å². The Labute approximate surface area is 98.0 Å². The molecule has 18 heavy (non-hydrogen) atoms. The average molecular weight is 269 g/mol. The van der Waals surface area contributed by atoms with Gasteiger partial charge < -0.3 is 16.4 Å². The van der Waals surface area contributed by atoms with Crippen molar-refractivity contribution in [3.05, 3.63) is 29.1 Å². The number of rotatable bonds is 4. The van der Waals surface area contributed by atoms with Crippen molar-refractivity contribution in [2.75, 3.05) is 18.4 Å². The lowest BCUT2D eigenvalue weighted by Crippen LogP contribution is -2.33. The largest absolute Gasteiger partial charge is 0.378 e. The van der Waals surface area contributed by atoms with Gasteiger partial charge in [-0.25, -0.2) is 26.7 Å². The van der Waals surface area contributed by atoms with Gasteiger partial charge in [-0.05, 0) is 0 Å². The number of halogens is 5. The van der Waals surface area contributed by atoms with Crippen molar-refractivity contribution in [3.63, 3.8) is 0 Å². The zero-order chi connectivity index (χ0) is 13.9. The Kier molecular flexibility index (Phi) is 4.29. The van der Waals surface area contributed by atoms with E-state index in [1.807, 2.05) is 5.32 Å². The molecule has 0 aliphatic heterocycles. The highest BCUT2D eigenvalue weighted by atomic mass is 19.2. The van der Waals surface area contributed by atoms with Gasteiger partial charge in [0.2, 0.25) is 5.82 Å². The van der Waals surface area contributed by atoms with E-state index in [9.17, 15) is 26.7 Å². The summed E-state index contributed by atoms with van der Waals surface area (Å²) in [6.07, 6.45) is 0. The van der Waals surface area contributed by atoms with Crippen molar-refractivity contribution in [1.82, 2.24) is 5.32 Å². The molecule has 4 nitrogen and oxygen atoms in total. The fourth-order valence-electron chi connectivity index (χ4n) is 1.13. The summed E-state index contributed by atoms with van der Waals surface area (Å²) in [6, 6.07) is -0.880. The third kappa shape index (κ3) is 2.79. The van der Waals surface area contributed by atoms with E-state index in [4.69, 9.17) is 5.73 Å². The molecule has 0 aliphatic rings. The van der Waals surface area contributed by atoms with Crippen molar-refractivity contribution in [1.29, 1.82) is 0 Å². The van der Waals surface area contributed by atoms with Crippen LogP contribution in [0.5, 0.6) is 0 Å². The monoisotopic (exact) mass is 269 g/mol. The van der Waals surface area contributed by atoms with Gasteiger partial charge in [0.15, 0.2) is 23.3 Å². The fourth-order valence-corrected chi connectivity index (χ4v) is 1.13. The van der Waals surface area contributed by atoms with Crippen LogP contribution in [0.2, 0.25) is 0 Å². The molecule has 0 spiro atoms. The van der Waals surface area contributed by atoms with Crippen molar-refractivity contribution < 1.29 is 26.7 Å². The molecule has 0 atom stereocenters. The van der Waals surface area contributed by atoms with Crippen LogP contribution < -0.4 is 16.4 Å². The first-order chi connectivity index (χ1) is 8.36. The Morgan fingerprint density at radius 1 is 0.889 bits per heavy atom. The molecule has 1 aromatic rings. The number of nitrogens with one attached hydrogen (secondary N) is 2. The number of amides is 2. The van der Waals surface area contributed by atoms with Crippen LogP contribution in [-0.2, 0) is 0 Å². The van der Waals surface area contributed by atoms with Gasteiger partial charge in [0.1, 0.15) is 5.69 Å². The zero-order valence-electron chi connectivity index (χ0n) is 8.79. The van der Waals surface area contributed by atoms with Gasteiger partial charge >= 0.3 is 6.03 Å². The first-order valence-electron chi connectivity index (χ1n) is 4.64. The van der Waals surface area contributed by atoms with E-state index in [1.165, 1.54) is 0 Å². The lowest BCUT2D eigenvalue weighted by molar-refractivity contribution is 0.249. The molecule has 0 aliphatic carbocycles. The Morgan fingerprint density at radius 2 is 1.33 bits per heavy atom. The highest BCUT2D eigenvalue weighted by molar-refractivity contribution is 5.71. The summed E-state index contributed by atoms with van der Waals surface area (Å²) in [5, 5.41) is 4.04. The van der Waals surface area contributed by atoms with E-state index in [0.29, 0.717) is 0 Å². The maximum Gasteiger partial charge on any atom is 0.312 e. The number of anilines is 1. The quantitative estimate of drug-likeness (QED) is 0.335. The highest BCUT2D eigenvalue weighted by Gasteiger charge is 2.25. The second kappa shape index (κ2) is 5.52. The molecule has 2 amide bonds. The molecule has 0 aromatic heterocycles.